The summed E-state index contributed by atoms with van der Waals surface area (Å²) in [6.45, 7) is 3.74. The van der Waals surface area contributed by atoms with Crippen LogP contribution in [0.5, 0.6) is 11.5 Å². The zero-order valence-corrected chi connectivity index (χ0v) is 21.8. The van der Waals surface area contributed by atoms with Gasteiger partial charge in [0, 0.05) is 37.3 Å². The monoisotopic (exact) mass is 535 g/mol. The molecule has 0 N–H and O–H groups in total. The summed E-state index contributed by atoms with van der Waals surface area (Å²) in [5.74, 6) is 0.943. The van der Waals surface area contributed by atoms with E-state index in [1.54, 1.807) is 0 Å². The minimum Gasteiger partial charge on any atom is -0.454 e. The van der Waals surface area contributed by atoms with Crippen molar-refractivity contribution in [2.45, 2.75) is 37.8 Å². The lowest BCUT2D eigenvalue weighted by Gasteiger charge is -2.28. The van der Waals surface area contributed by atoms with Crippen molar-refractivity contribution in [3.8, 4) is 11.5 Å². The van der Waals surface area contributed by atoms with Crippen molar-refractivity contribution < 1.29 is 22.7 Å². The minimum atomic E-state index is -3.68. The molecular weight excluding hydrogens is 510 g/mol. The Balaban J connectivity index is 1.28. The summed E-state index contributed by atoms with van der Waals surface area (Å²) in [5.41, 5.74) is 3.47. The topological polar surface area (TPSA) is 90.2 Å². The predicted molar refractivity (Wildman–Crippen MR) is 140 cm³/mol. The Hall–Kier alpha value is -3.47. The van der Waals surface area contributed by atoms with Gasteiger partial charge in [0.2, 0.25) is 16.8 Å². The van der Waals surface area contributed by atoms with Gasteiger partial charge in [0.05, 0.1) is 15.1 Å². The summed E-state index contributed by atoms with van der Waals surface area (Å²) in [5, 5.41) is 0. The number of hydrogen-bond acceptors (Lipinski definition) is 6. The molecule has 4 aromatic rings. The molecule has 37 heavy (non-hydrogen) atoms. The number of rotatable bonds is 5. The van der Waals surface area contributed by atoms with Crippen LogP contribution < -0.4 is 14.3 Å². The van der Waals surface area contributed by atoms with Gasteiger partial charge in [0.15, 0.2) is 16.3 Å². The highest BCUT2D eigenvalue weighted by Gasteiger charge is 2.28. The molecule has 0 atom stereocenters. The zero-order chi connectivity index (χ0) is 25.6. The number of benzene rings is 3. The Morgan fingerprint density at radius 3 is 2.51 bits per heavy atom. The second-order valence-corrected chi connectivity index (χ2v) is 12.0. The summed E-state index contributed by atoms with van der Waals surface area (Å²) >= 11 is 1.41. The highest BCUT2D eigenvalue weighted by molar-refractivity contribution is 7.89. The van der Waals surface area contributed by atoms with E-state index < -0.39 is 15.9 Å². The van der Waals surface area contributed by atoms with Crippen molar-refractivity contribution in [2.75, 3.05) is 13.3 Å². The quantitative estimate of drug-likeness (QED) is 0.380. The first-order chi connectivity index (χ1) is 17.9. The summed E-state index contributed by atoms with van der Waals surface area (Å²) in [6, 6.07) is 17.8. The van der Waals surface area contributed by atoms with Crippen molar-refractivity contribution in [2.24, 2.45) is 4.99 Å². The fraction of sp³-hybridized carbons (Fsp3) is 0.259. The molecule has 1 aromatic heterocycles. The van der Waals surface area contributed by atoms with E-state index in [0.717, 1.165) is 22.2 Å². The third-order valence-corrected chi connectivity index (χ3v) is 9.56. The number of aromatic nitrogens is 1. The van der Waals surface area contributed by atoms with E-state index in [1.165, 1.54) is 45.5 Å². The van der Waals surface area contributed by atoms with Gasteiger partial charge in [-0.25, -0.2) is 8.42 Å². The van der Waals surface area contributed by atoms with Crippen molar-refractivity contribution in [1.29, 1.82) is 0 Å². The number of amides is 1. The van der Waals surface area contributed by atoms with Gasteiger partial charge in [-0.1, -0.05) is 42.5 Å². The van der Waals surface area contributed by atoms with Gasteiger partial charge < -0.3 is 14.0 Å². The van der Waals surface area contributed by atoms with E-state index >= 15 is 0 Å². The van der Waals surface area contributed by atoms with Gasteiger partial charge in [-0.3, -0.25) is 4.79 Å². The molecule has 3 aromatic carbocycles. The number of nitrogens with zero attached hydrogens (tertiary/aromatic N) is 3. The van der Waals surface area contributed by atoms with Gasteiger partial charge in [0.1, 0.15) is 0 Å². The molecule has 0 radical (unpaired) electrons. The summed E-state index contributed by atoms with van der Waals surface area (Å²) in [7, 11) is -3.68. The number of aryl methyl sites for hydroxylation is 1. The molecule has 190 valence electrons. The first kappa shape index (κ1) is 23.9. The van der Waals surface area contributed by atoms with Crippen LogP contribution in [-0.2, 0) is 29.5 Å². The number of thiazole rings is 1. The highest BCUT2D eigenvalue weighted by Crippen LogP contribution is 2.37. The lowest BCUT2D eigenvalue weighted by Crippen LogP contribution is -2.35. The number of fused-ring (bicyclic) bond motifs is 3. The Labute approximate surface area is 218 Å². The molecule has 3 heterocycles. The number of ether oxygens (including phenoxy) is 2. The van der Waals surface area contributed by atoms with E-state index in [-0.39, 0.29) is 11.7 Å². The van der Waals surface area contributed by atoms with Gasteiger partial charge in [0.25, 0.3) is 5.91 Å². The minimum absolute atomic E-state index is 0.167. The molecule has 0 spiro atoms. The number of carbonyl (C=O) groups excluding carboxylic acids is 1. The van der Waals surface area contributed by atoms with Crippen molar-refractivity contribution in [1.82, 2.24) is 8.87 Å². The fourth-order valence-electron chi connectivity index (χ4n) is 4.73. The molecule has 0 fully saturated rings. The Bertz CT molecular complexity index is 1690. The standard InChI is InChI=1S/C27H25N3O5S2/c1-2-12-30-22-14-23-24(35-17-34-23)15-25(22)36-27(30)28-26(31)19-7-9-21(10-8-19)37(32,33)29-13-11-18-5-3-4-6-20(18)16-29/h3-10,14-15H,2,11-13,16-17H2,1H3. The summed E-state index contributed by atoms with van der Waals surface area (Å²) in [4.78, 5) is 18.2. The second kappa shape index (κ2) is 9.44. The van der Waals surface area contributed by atoms with E-state index in [1.807, 2.05) is 41.0 Å². The van der Waals surface area contributed by atoms with Crippen LogP contribution in [0.15, 0.2) is 70.6 Å². The van der Waals surface area contributed by atoms with Crippen LogP contribution in [0.3, 0.4) is 0 Å². The van der Waals surface area contributed by atoms with Gasteiger partial charge >= 0.3 is 0 Å². The number of carbonyl (C=O) groups is 1. The normalized spacial score (nSPS) is 15.8. The lowest BCUT2D eigenvalue weighted by atomic mass is 10.0. The van der Waals surface area contributed by atoms with E-state index in [2.05, 4.69) is 11.9 Å². The van der Waals surface area contributed by atoms with Crippen molar-refractivity contribution in [3.63, 3.8) is 0 Å². The molecule has 8 nitrogen and oxygen atoms in total. The molecule has 6 rings (SSSR count). The second-order valence-electron chi connectivity index (χ2n) is 9.01. The molecule has 0 saturated carbocycles. The van der Waals surface area contributed by atoms with Crippen LogP contribution >= 0.6 is 11.3 Å². The smallest absolute Gasteiger partial charge is 0.279 e. The summed E-state index contributed by atoms with van der Waals surface area (Å²) in [6.07, 6.45) is 1.55. The third-order valence-electron chi connectivity index (χ3n) is 6.66. The molecular formula is C27H25N3O5S2. The van der Waals surface area contributed by atoms with Crippen LogP contribution in [0.1, 0.15) is 34.8 Å². The highest BCUT2D eigenvalue weighted by atomic mass is 32.2. The maximum Gasteiger partial charge on any atom is 0.279 e. The number of hydrogen-bond donors (Lipinski definition) is 0. The SMILES string of the molecule is CCCn1c(=NC(=O)c2ccc(S(=O)(=O)N3CCc4ccccc4C3)cc2)sc2cc3c(cc21)OCO3. The molecule has 10 heteroatoms. The molecule has 0 aliphatic carbocycles. The largest absolute Gasteiger partial charge is 0.454 e. The molecule has 1 amide bonds. The van der Waals surface area contributed by atoms with Crippen LogP contribution in [0.4, 0.5) is 0 Å². The Morgan fingerprint density at radius 1 is 1.03 bits per heavy atom. The van der Waals surface area contributed by atoms with Crippen LogP contribution in [0.2, 0.25) is 0 Å². The van der Waals surface area contributed by atoms with E-state index in [0.29, 0.717) is 47.9 Å². The fourth-order valence-corrected chi connectivity index (χ4v) is 7.21. The van der Waals surface area contributed by atoms with Crippen molar-refractivity contribution >= 4 is 37.5 Å². The maximum atomic E-state index is 13.3. The van der Waals surface area contributed by atoms with Gasteiger partial charge in [-0.2, -0.15) is 9.30 Å². The predicted octanol–water partition coefficient (Wildman–Crippen LogP) is 4.33. The first-order valence-corrected chi connectivity index (χ1v) is 14.4. The maximum absolute atomic E-state index is 13.3. The van der Waals surface area contributed by atoms with Gasteiger partial charge in [-0.15, -0.1) is 0 Å². The molecule has 0 unspecified atom stereocenters. The lowest BCUT2D eigenvalue weighted by molar-refractivity contribution is 0.0997. The molecule has 0 bridgehead atoms. The molecule has 0 saturated heterocycles. The van der Waals surface area contributed by atoms with Crippen LogP contribution in [0.25, 0.3) is 10.2 Å². The summed E-state index contributed by atoms with van der Waals surface area (Å²) < 4.78 is 42.0. The van der Waals surface area contributed by atoms with Gasteiger partial charge in [-0.05, 0) is 48.2 Å². The Morgan fingerprint density at radius 2 is 1.76 bits per heavy atom. The molecule has 2 aliphatic heterocycles. The average Bonchev–Trinajstić information content (AvgIpc) is 3.51. The van der Waals surface area contributed by atoms with E-state index in [9.17, 15) is 13.2 Å². The first-order valence-electron chi connectivity index (χ1n) is 12.1. The third kappa shape index (κ3) is 4.35. The average molecular weight is 536 g/mol. The van der Waals surface area contributed by atoms with Crippen LogP contribution in [0, 0.1) is 0 Å². The molecule has 2 aliphatic rings. The van der Waals surface area contributed by atoms with Crippen molar-refractivity contribution in [3.05, 3.63) is 82.2 Å². The Kier molecular flexibility index (Phi) is 6.10. The zero-order valence-electron chi connectivity index (χ0n) is 20.2. The number of sulfonamides is 1. The van der Waals surface area contributed by atoms with Crippen LogP contribution in [-0.4, -0.2) is 36.5 Å². The van der Waals surface area contributed by atoms with E-state index in [4.69, 9.17) is 9.47 Å².